The molecule has 1 rings (SSSR count). The summed E-state index contributed by atoms with van der Waals surface area (Å²) in [6, 6.07) is 3.58. The van der Waals surface area contributed by atoms with Crippen LogP contribution in [0.4, 0.5) is 0 Å². The van der Waals surface area contributed by atoms with Crippen LogP contribution in [0.2, 0.25) is 0 Å². The minimum Gasteiger partial charge on any atom is -0.347 e. The van der Waals surface area contributed by atoms with Gasteiger partial charge in [-0.2, -0.15) is 0 Å². The monoisotopic (exact) mass is 285 g/mol. The number of pyridine rings is 1. The maximum Gasteiger partial charge on any atom is 0.271 e. The summed E-state index contributed by atoms with van der Waals surface area (Å²) in [6.45, 7) is 2.51. The highest BCUT2D eigenvalue weighted by Crippen LogP contribution is 2.13. The number of nitrogens with two attached hydrogens (primary N) is 1. The van der Waals surface area contributed by atoms with Gasteiger partial charge in [0, 0.05) is 23.3 Å². The number of carbonyl (C=O) groups is 1. The molecule has 1 atom stereocenters. The van der Waals surface area contributed by atoms with Crippen LogP contribution in [0.5, 0.6) is 0 Å². The lowest BCUT2D eigenvalue weighted by Gasteiger charge is -2.15. The highest BCUT2D eigenvalue weighted by Gasteiger charge is 2.14. The first-order valence-corrected chi connectivity index (χ1v) is 6.09. The van der Waals surface area contributed by atoms with Gasteiger partial charge in [0.05, 0.1) is 0 Å². The van der Waals surface area contributed by atoms with Gasteiger partial charge in [0.25, 0.3) is 5.91 Å². The molecule has 1 heterocycles. The summed E-state index contributed by atoms with van der Waals surface area (Å²) in [5.41, 5.74) is 5.98. The quantitative estimate of drug-likeness (QED) is 0.865. The number of hydrogen-bond donors (Lipinski definition) is 2. The van der Waals surface area contributed by atoms with E-state index in [4.69, 9.17) is 5.73 Å². The summed E-state index contributed by atoms with van der Waals surface area (Å²) in [5.74, 6) is -0.184. The van der Waals surface area contributed by atoms with Crippen molar-refractivity contribution in [3.8, 4) is 0 Å². The first-order chi connectivity index (χ1) is 7.69. The molecule has 0 bridgehead atoms. The van der Waals surface area contributed by atoms with Gasteiger partial charge in [-0.15, -0.1) is 0 Å². The van der Waals surface area contributed by atoms with Crippen LogP contribution in [0.25, 0.3) is 0 Å². The third-order valence-electron chi connectivity index (χ3n) is 2.23. The van der Waals surface area contributed by atoms with E-state index in [0.29, 0.717) is 16.7 Å². The number of hydrogen-bond acceptors (Lipinski definition) is 3. The van der Waals surface area contributed by atoms with Crippen LogP contribution in [-0.2, 0) is 0 Å². The predicted octanol–water partition coefficient (Wildman–Crippen LogP) is 1.70. The fourth-order valence-electron chi connectivity index (χ4n) is 1.40. The third kappa shape index (κ3) is 3.57. The molecule has 3 N–H and O–H groups in total. The maximum atomic E-state index is 11.9. The Balaban J connectivity index is 2.68. The molecule has 0 saturated carbocycles. The van der Waals surface area contributed by atoms with Crippen LogP contribution >= 0.6 is 15.9 Å². The molecule has 0 aliphatic rings. The van der Waals surface area contributed by atoms with Crippen LogP contribution in [0.3, 0.4) is 0 Å². The molecule has 0 aromatic carbocycles. The topological polar surface area (TPSA) is 68.0 Å². The van der Waals surface area contributed by atoms with Crippen molar-refractivity contribution in [2.45, 2.75) is 25.8 Å². The molecular weight excluding hydrogens is 270 g/mol. The average molecular weight is 286 g/mol. The molecule has 4 nitrogen and oxygen atoms in total. The Labute approximate surface area is 104 Å². The number of nitrogens with zero attached hydrogens (tertiary/aromatic N) is 1. The number of halogens is 1. The number of nitrogens with one attached hydrogen (secondary N) is 1. The highest BCUT2D eigenvalue weighted by atomic mass is 79.9. The van der Waals surface area contributed by atoms with Gasteiger partial charge in [-0.25, -0.2) is 4.98 Å². The zero-order valence-corrected chi connectivity index (χ0v) is 10.8. The van der Waals surface area contributed by atoms with E-state index in [9.17, 15) is 4.79 Å². The lowest BCUT2D eigenvalue weighted by atomic mass is 10.1. The predicted molar refractivity (Wildman–Crippen MR) is 67.2 cm³/mol. The Hall–Kier alpha value is -0.940. The fraction of sp³-hybridized carbons (Fsp3) is 0.455. The van der Waals surface area contributed by atoms with Crippen molar-refractivity contribution < 1.29 is 4.79 Å². The Bertz CT molecular complexity index is 357. The molecule has 1 unspecified atom stereocenters. The van der Waals surface area contributed by atoms with Gasteiger partial charge < -0.3 is 11.1 Å². The zero-order chi connectivity index (χ0) is 12.0. The fourth-order valence-corrected chi connectivity index (χ4v) is 1.84. The van der Waals surface area contributed by atoms with E-state index in [1.165, 1.54) is 0 Å². The van der Waals surface area contributed by atoms with Crippen LogP contribution in [0, 0.1) is 0 Å². The van der Waals surface area contributed by atoms with Gasteiger partial charge in [-0.3, -0.25) is 4.79 Å². The minimum atomic E-state index is -0.184. The standard InChI is InChI=1S/C11H16BrN3O/c1-2-4-8(7-13)15-11(16)10-9(12)5-3-6-14-10/h3,5-6,8H,2,4,7,13H2,1H3,(H,15,16). The second kappa shape index (κ2) is 6.60. The van der Waals surface area contributed by atoms with E-state index in [1.807, 2.05) is 0 Å². The zero-order valence-electron chi connectivity index (χ0n) is 9.24. The van der Waals surface area contributed by atoms with Gasteiger partial charge in [0.1, 0.15) is 5.69 Å². The van der Waals surface area contributed by atoms with E-state index < -0.39 is 0 Å². The summed E-state index contributed by atoms with van der Waals surface area (Å²) in [4.78, 5) is 15.9. The SMILES string of the molecule is CCCC(CN)NC(=O)c1ncccc1Br. The molecule has 0 aliphatic carbocycles. The molecule has 16 heavy (non-hydrogen) atoms. The maximum absolute atomic E-state index is 11.9. The van der Waals surface area contributed by atoms with Crippen molar-refractivity contribution in [3.05, 3.63) is 28.5 Å². The molecule has 0 spiro atoms. The average Bonchev–Trinajstić information content (AvgIpc) is 2.28. The molecular formula is C11H16BrN3O. The second-order valence-corrected chi connectivity index (χ2v) is 4.38. The van der Waals surface area contributed by atoms with Gasteiger partial charge in [0.15, 0.2) is 0 Å². The summed E-state index contributed by atoms with van der Waals surface area (Å²) in [5, 5.41) is 2.87. The van der Waals surface area contributed by atoms with Gasteiger partial charge >= 0.3 is 0 Å². The minimum absolute atomic E-state index is 0.0198. The highest BCUT2D eigenvalue weighted by molar-refractivity contribution is 9.10. The van der Waals surface area contributed by atoms with Gasteiger partial charge in [0.2, 0.25) is 0 Å². The van der Waals surface area contributed by atoms with Gasteiger partial charge in [-0.1, -0.05) is 13.3 Å². The number of aromatic nitrogens is 1. The van der Waals surface area contributed by atoms with Crippen molar-refractivity contribution in [2.75, 3.05) is 6.54 Å². The summed E-state index contributed by atoms with van der Waals surface area (Å²) in [6.07, 6.45) is 3.47. The van der Waals surface area contributed by atoms with Crippen molar-refractivity contribution in [1.82, 2.24) is 10.3 Å². The Morgan fingerprint density at radius 2 is 2.44 bits per heavy atom. The molecule has 5 heteroatoms. The molecule has 0 radical (unpaired) electrons. The number of amides is 1. The first kappa shape index (κ1) is 13.1. The molecule has 0 aliphatic heterocycles. The third-order valence-corrected chi connectivity index (χ3v) is 2.87. The summed E-state index contributed by atoms with van der Waals surface area (Å²) in [7, 11) is 0. The van der Waals surface area contributed by atoms with E-state index in [2.05, 4.69) is 33.2 Å². The Kier molecular flexibility index (Phi) is 5.42. The summed E-state index contributed by atoms with van der Waals surface area (Å²) >= 11 is 3.29. The molecule has 1 amide bonds. The van der Waals surface area contributed by atoms with E-state index in [0.717, 1.165) is 12.8 Å². The second-order valence-electron chi connectivity index (χ2n) is 3.53. The number of carbonyl (C=O) groups excluding carboxylic acids is 1. The largest absolute Gasteiger partial charge is 0.347 e. The van der Waals surface area contributed by atoms with E-state index in [-0.39, 0.29) is 11.9 Å². The Morgan fingerprint density at radius 3 is 3.00 bits per heavy atom. The van der Waals surface area contributed by atoms with Crippen LogP contribution < -0.4 is 11.1 Å². The van der Waals surface area contributed by atoms with Crippen molar-refractivity contribution >= 4 is 21.8 Å². The van der Waals surface area contributed by atoms with Crippen LogP contribution in [0.15, 0.2) is 22.8 Å². The van der Waals surface area contributed by atoms with Crippen molar-refractivity contribution in [1.29, 1.82) is 0 Å². The van der Waals surface area contributed by atoms with Crippen LogP contribution in [-0.4, -0.2) is 23.5 Å². The van der Waals surface area contributed by atoms with Gasteiger partial charge in [-0.05, 0) is 34.5 Å². The molecule has 0 saturated heterocycles. The molecule has 88 valence electrons. The molecule has 1 aromatic heterocycles. The lowest BCUT2D eigenvalue weighted by Crippen LogP contribution is -2.40. The van der Waals surface area contributed by atoms with E-state index >= 15 is 0 Å². The lowest BCUT2D eigenvalue weighted by molar-refractivity contribution is 0.0930. The molecule has 0 fully saturated rings. The smallest absolute Gasteiger partial charge is 0.271 e. The van der Waals surface area contributed by atoms with E-state index in [1.54, 1.807) is 18.3 Å². The first-order valence-electron chi connectivity index (χ1n) is 5.30. The normalized spacial score (nSPS) is 12.2. The number of rotatable bonds is 5. The van der Waals surface area contributed by atoms with Crippen molar-refractivity contribution in [2.24, 2.45) is 5.73 Å². The van der Waals surface area contributed by atoms with Crippen molar-refractivity contribution in [3.63, 3.8) is 0 Å². The van der Waals surface area contributed by atoms with Crippen LogP contribution in [0.1, 0.15) is 30.3 Å². The Morgan fingerprint density at radius 1 is 1.69 bits per heavy atom. The molecule has 1 aromatic rings. The summed E-state index contributed by atoms with van der Waals surface area (Å²) < 4.78 is 0.694.